The standard InChI is InChI=1S/C24H30O4/c1-15(25)27-18-5-6-19-17(14-18)4-7-21-20(19)8-9-22(3)23(21)10-12-24(22,13-11-23)28-16(2)26/h5-6,14,20-21H,4,7-13H2,1-3H3/t20-,21-,22+,23?,24?/m1/s1. The van der Waals surface area contributed by atoms with E-state index < -0.39 is 0 Å². The van der Waals surface area contributed by atoms with Gasteiger partial charge in [0.1, 0.15) is 11.4 Å². The van der Waals surface area contributed by atoms with Crippen molar-refractivity contribution in [2.45, 2.75) is 83.7 Å². The molecule has 4 aliphatic carbocycles. The van der Waals surface area contributed by atoms with E-state index in [-0.39, 0.29) is 23.0 Å². The summed E-state index contributed by atoms with van der Waals surface area (Å²) in [6.45, 7) is 5.44. The number of carbonyl (C=O) groups excluding carboxylic acids is 2. The Morgan fingerprint density at radius 1 is 1.00 bits per heavy atom. The summed E-state index contributed by atoms with van der Waals surface area (Å²) in [5, 5.41) is 0. The molecule has 1 aromatic rings. The van der Waals surface area contributed by atoms with Gasteiger partial charge in [0.15, 0.2) is 0 Å². The van der Waals surface area contributed by atoms with E-state index in [9.17, 15) is 9.59 Å². The van der Waals surface area contributed by atoms with E-state index in [4.69, 9.17) is 9.47 Å². The Hall–Kier alpha value is -1.84. The molecule has 0 unspecified atom stereocenters. The number of esters is 2. The van der Waals surface area contributed by atoms with Crippen molar-refractivity contribution in [2.24, 2.45) is 16.7 Å². The summed E-state index contributed by atoms with van der Waals surface area (Å²) in [6.07, 6.45) is 8.97. The minimum absolute atomic E-state index is 0.113. The lowest BCUT2D eigenvalue weighted by atomic mass is 9.48. The van der Waals surface area contributed by atoms with Gasteiger partial charge >= 0.3 is 11.9 Å². The monoisotopic (exact) mass is 382 g/mol. The van der Waals surface area contributed by atoms with Crippen LogP contribution >= 0.6 is 0 Å². The number of benzene rings is 1. The van der Waals surface area contributed by atoms with Gasteiger partial charge in [-0.2, -0.15) is 0 Å². The molecule has 150 valence electrons. The maximum Gasteiger partial charge on any atom is 0.308 e. The van der Waals surface area contributed by atoms with E-state index in [0.29, 0.717) is 23.0 Å². The van der Waals surface area contributed by atoms with Crippen LogP contribution in [0.5, 0.6) is 5.75 Å². The highest BCUT2D eigenvalue weighted by Gasteiger charge is 2.75. The van der Waals surface area contributed by atoms with Crippen molar-refractivity contribution in [3.05, 3.63) is 29.3 Å². The fraction of sp³-hybridized carbons (Fsp3) is 0.667. The second kappa shape index (κ2) is 5.84. The summed E-state index contributed by atoms with van der Waals surface area (Å²) in [6, 6.07) is 6.23. The van der Waals surface area contributed by atoms with Crippen molar-refractivity contribution in [3.63, 3.8) is 0 Å². The van der Waals surface area contributed by atoms with Crippen LogP contribution in [0.1, 0.15) is 82.8 Å². The highest BCUT2D eigenvalue weighted by molar-refractivity contribution is 5.69. The van der Waals surface area contributed by atoms with Crippen molar-refractivity contribution in [1.29, 1.82) is 0 Å². The van der Waals surface area contributed by atoms with Crippen molar-refractivity contribution in [1.82, 2.24) is 0 Å². The van der Waals surface area contributed by atoms with Crippen molar-refractivity contribution < 1.29 is 19.1 Å². The fourth-order valence-electron chi connectivity index (χ4n) is 7.98. The number of fused-ring (bicyclic) bond motifs is 3. The van der Waals surface area contributed by atoms with Gasteiger partial charge in [-0.3, -0.25) is 9.59 Å². The zero-order chi connectivity index (χ0) is 19.7. The lowest BCUT2D eigenvalue weighted by molar-refractivity contribution is -0.174. The van der Waals surface area contributed by atoms with Crippen LogP contribution in [0.4, 0.5) is 0 Å². The first kappa shape index (κ1) is 18.2. The van der Waals surface area contributed by atoms with Crippen molar-refractivity contribution in [2.75, 3.05) is 0 Å². The lowest BCUT2D eigenvalue weighted by Crippen LogP contribution is -2.53. The molecule has 0 amide bonds. The largest absolute Gasteiger partial charge is 0.459 e. The van der Waals surface area contributed by atoms with Gasteiger partial charge in [0.25, 0.3) is 0 Å². The first-order chi connectivity index (χ1) is 13.3. The first-order valence-electron chi connectivity index (χ1n) is 10.8. The molecule has 0 heterocycles. The second-order valence-corrected chi connectivity index (χ2v) is 9.82. The molecule has 28 heavy (non-hydrogen) atoms. The molecule has 2 bridgehead atoms. The molecule has 0 aromatic heterocycles. The summed E-state index contributed by atoms with van der Waals surface area (Å²) in [4.78, 5) is 23.2. The summed E-state index contributed by atoms with van der Waals surface area (Å²) >= 11 is 0. The number of ether oxygens (including phenoxy) is 2. The minimum Gasteiger partial charge on any atom is -0.459 e. The molecule has 0 radical (unpaired) electrons. The zero-order valence-corrected chi connectivity index (χ0v) is 17.2. The van der Waals surface area contributed by atoms with Gasteiger partial charge in [-0.05, 0) is 91.9 Å². The summed E-state index contributed by atoms with van der Waals surface area (Å²) in [5.41, 5.74) is 2.99. The summed E-state index contributed by atoms with van der Waals surface area (Å²) < 4.78 is 11.4. The fourth-order valence-corrected chi connectivity index (χ4v) is 7.98. The summed E-state index contributed by atoms with van der Waals surface area (Å²) in [7, 11) is 0. The van der Waals surface area contributed by atoms with Crippen LogP contribution in [0, 0.1) is 16.7 Å². The first-order valence-corrected chi connectivity index (χ1v) is 10.8. The van der Waals surface area contributed by atoms with Crippen LogP contribution in [0.25, 0.3) is 0 Å². The van der Waals surface area contributed by atoms with Gasteiger partial charge in [-0.1, -0.05) is 13.0 Å². The van der Waals surface area contributed by atoms with Gasteiger partial charge in [-0.25, -0.2) is 0 Å². The van der Waals surface area contributed by atoms with Crippen LogP contribution in [-0.2, 0) is 20.7 Å². The third-order valence-electron chi connectivity index (χ3n) is 9.04. The molecule has 5 rings (SSSR count). The Morgan fingerprint density at radius 3 is 2.43 bits per heavy atom. The molecule has 0 spiro atoms. The molecule has 4 nitrogen and oxygen atoms in total. The second-order valence-electron chi connectivity index (χ2n) is 9.82. The van der Waals surface area contributed by atoms with Crippen LogP contribution < -0.4 is 4.74 Å². The SMILES string of the molecule is CC(=O)Oc1ccc2c(c1)CC[C@@H]1[C@@H]2CC[C@]2(C)C3(OC(C)=O)CCC12CC3. The van der Waals surface area contributed by atoms with Crippen LogP contribution in [0.15, 0.2) is 18.2 Å². The molecule has 0 aliphatic heterocycles. The quantitative estimate of drug-likeness (QED) is 0.537. The maximum absolute atomic E-state index is 11.9. The summed E-state index contributed by atoms with van der Waals surface area (Å²) in [5.74, 6) is 1.53. The van der Waals surface area contributed by atoms with Crippen LogP contribution in [-0.4, -0.2) is 17.5 Å². The number of hydrogen-bond acceptors (Lipinski definition) is 4. The predicted molar refractivity (Wildman–Crippen MR) is 105 cm³/mol. The Labute approximate surface area is 167 Å². The van der Waals surface area contributed by atoms with E-state index in [1.807, 2.05) is 6.07 Å². The highest BCUT2D eigenvalue weighted by Crippen LogP contribution is 2.78. The number of aryl methyl sites for hydroxylation is 1. The van der Waals surface area contributed by atoms with Gasteiger partial charge < -0.3 is 9.47 Å². The molecule has 0 saturated heterocycles. The molecule has 4 aliphatic rings. The van der Waals surface area contributed by atoms with E-state index in [2.05, 4.69) is 19.1 Å². The number of hydrogen-bond donors (Lipinski definition) is 0. The highest BCUT2D eigenvalue weighted by atomic mass is 16.6. The molecule has 3 atom stereocenters. The van der Waals surface area contributed by atoms with Gasteiger partial charge in [0.05, 0.1) is 0 Å². The topological polar surface area (TPSA) is 52.6 Å². The Bertz CT molecular complexity index is 848. The predicted octanol–water partition coefficient (Wildman–Crippen LogP) is 4.93. The average Bonchev–Trinajstić information content (AvgIpc) is 3.03. The van der Waals surface area contributed by atoms with Gasteiger partial charge in [-0.15, -0.1) is 0 Å². The van der Waals surface area contributed by atoms with E-state index in [1.54, 1.807) is 6.92 Å². The Morgan fingerprint density at radius 2 is 1.75 bits per heavy atom. The Kier molecular flexibility index (Phi) is 3.80. The van der Waals surface area contributed by atoms with Gasteiger partial charge in [0.2, 0.25) is 0 Å². The third kappa shape index (κ3) is 2.18. The molecule has 3 fully saturated rings. The van der Waals surface area contributed by atoms with Gasteiger partial charge in [0, 0.05) is 19.3 Å². The molecule has 0 N–H and O–H groups in total. The smallest absolute Gasteiger partial charge is 0.308 e. The minimum atomic E-state index is -0.264. The van der Waals surface area contributed by atoms with Crippen molar-refractivity contribution in [3.8, 4) is 5.75 Å². The molecule has 4 heteroatoms. The average molecular weight is 383 g/mol. The van der Waals surface area contributed by atoms with E-state index in [0.717, 1.165) is 32.1 Å². The molecule has 1 aromatic carbocycles. The molecular weight excluding hydrogens is 352 g/mol. The normalized spacial score (nSPS) is 40.2. The van der Waals surface area contributed by atoms with Crippen molar-refractivity contribution >= 4 is 11.9 Å². The number of rotatable bonds is 2. The Balaban J connectivity index is 1.50. The lowest BCUT2D eigenvalue weighted by Gasteiger charge is -2.57. The number of carbonyl (C=O) groups is 2. The van der Waals surface area contributed by atoms with Crippen LogP contribution in [0.3, 0.4) is 0 Å². The van der Waals surface area contributed by atoms with Crippen LogP contribution in [0.2, 0.25) is 0 Å². The molecule has 3 saturated carbocycles. The van der Waals surface area contributed by atoms with E-state index in [1.165, 1.54) is 37.3 Å². The maximum atomic E-state index is 11.9. The van der Waals surface area contributed by atoms with E-state index >= 15 is 0 Å². The molecular formula is C24H30O4. The third-order valence-corrected chi connectivity index (χ3v) is 9.04. The zero-order valence-electron chi connectivity index (χ0n) is 17.2.